The van der Waals surface area contributed by atoms with Gasteiger partial charge in [0.05, 0.1) is 18.2 Å². The molecule has 0 fully saturated rings. The molecule has 6 heteroatoms. The third-order valence-corrected chi connectivity index (χ3v) is 2.47. The summed E-state index contributed by atoms with van der Waals surface area (Å²) < 4.78 is 10.0. The fraction of sp³-hybridized carbons (Fsp3) is 0.417. The number of halogens is 1. The summed E-state index contributed by atoms with van der Waals surface area (Å²) >= 11 is 5.83. The smallest absolute Gasteiger partial charge is 0.251 e. The van der Waals surface area contributed by atoms with Crippen LogP contribution in [0.1, 0.15) is 17.3 Å². The highest BCUT2D eigenvalue weighted by Gasteiger charge is 2.13. The lowest BCUT2D eigenvalue weighted by Gasteiger charge is -2.10. The molecule has 18 heavy (non-hydrogen) atoms. The van der Waals surface area contributed by atoms with Gasteiger partial charge in [0, 0.05) is 19.2 Å². The predicted octanol–water partition coefficient (Wildman–Crippen LogP) is 1.82. The van der Waals surface area contributed by atoms with Crippen molar-refractivity contribution in [2.75, 3.05) is 26.9 Å². The summed E-state index contributed by atoms with van der Waals surface area (Å²) in [5.41, 5.74) is 0.331. The van der Waals surface area contributed by atoms with E-state index in [1.807, 2.05) is 0 Å². The van der Waals surface area contributed by atoms with Crippen LogP contribution in [0.15, 0.2) is 12.1 Å². The lowest BCUT2D eigenvalue weighted by atomic mass is 10.2. The Morgan fingerprint density at radius 2 is 2.22 bits per heavy atom. The highest BCUT2D eigenvalue weighted by Crippen LogP contribution is 2.35. The predicted molar refractivity (Wildman–Crippen MR) is 68.5 cm³/mol. The Morgan fingerprint density at radius 3 is 2.83 bits per heavy atom. The van der Waals surface area contributed by atoms with Crippen LogP contribution in [0.2, 0.25) is 5.02 Å². The minimum absolute atomic E-state index is 0.0813. The number of methoxy groups -OCH3 is 1. The van der Waals surface area contributed by atoms with Gasteiger partial charge in [-0.3, -0.25) is 4.79 Å². The van der Waals surface area contributed by atoms with Crippen LogP contribution < -0.4 is 10.1 Å². The van der Waals surface area contributed by atoms with Crippen molar-refractivity contribution in [2.24, 2.45) is 0 Å². The van der Waals surface area contributed by atoms with Gasteiger partial charge >= 0.3 is 0 Å². The van der Waals surface area contributed by atoms with E-state index in [0.717, 1.165) is 0 Å². The molecule has 100 valence electrons. The van der Waals surface area contributed by atoms with Gasteiger partial charge in [-0.1, -0.05) is 11.6 Å². The Kier molecular flexibility index (Phi) is 5.74. The normalized spacial score (nSPS) is 10.2. The largest absolute Gasteiger partial charge is 0.503 e. The molecule has 0 aliphatic heterocycles. The van der Waals surface area contributed by atoms with Crippen molar-refractivity contribution in [3.8, 4) is 11.5 Å². The molecular formula is C12H16ClNO4. The Bertz CT molecular complexity index is 423. The number of aromatic hydroxyl groups is 1. The average molecular weight is 274 g/mol. The maximum atomic E-state index is 11.8. The van der Waals surface area contributed by atoms with E-state index >= 15 is 0 Å². The van der Waals surface area contributed by atoms with Gasteiger partial charge in [0.2, 0.25) is 0 Å². The van der Waals surface area contributed by atoms with Crippen molar-refractivity contribution in [3.63, 3.8) is 0 Å². The fourth-order valence-corrected chi connectivity index (χ4v) is 1.55. The van der Waals surface area contributed by atoms with Gasteiger partial charge in [-0.25, -0.2) is 0 Å². The molecule has 0 saturated carbocycles. The molecule has 1 aromatic rings. The van der Waals surface area contributed by atoms with Crippen molar-refractivity contribution in [3.05, 3.63) is 22.7 Å². The van der Waals surface area contributed by atoms with Crippen LogP contribution in [0, 0.1) is 0 Å². The van der Waals surface area contributed by atoms with E-state index in [1.54, 1.807) is 14.0 Å². The van der Waals surface area contributed by atoms with Crippen LogP contribution in [0.3, 0.4) is 0 Å². The van der Waals surface area contributed by atoms with Crippen molar-refractivity contribution in [1.82, 2.24) is 5.32 Å². The molecule has 1 rings (SSSR count). The molecule has 0 aliphatic carbocycles. The maximum absolute atomic E-state index is 11.8. The topological polar surface area (TPSA) is 67.8 Å². The number of amides is 1. The summed E-state index contributed by atoms with van der Waals surface area (Å²) in [6, 6.07) is 2.84. The van der Waals surface area contributed by atoms with Gasteiger partial charge in [0.25, 0.3) is 5.91 Å². The number of nitrogens with one attached hydrogen (secondary N) is 1. The van der Waals surface area contributed by atoms with Crippen LogP contribution in [-0.2, 0) is 4.74 Å². The molecular weight excluding hydrogens is 258 g/mol. The molecule has 1 amide bonds. The number of carbonyl (C=O) groups is 1. The summed E-state index contributed by atoms with van der Waals surface area (Å²) in [6.45, 7) is 2.98. The van der Waals surface area contributed by atoms with Crippen molar-refractivity contribution in [1.29, 1.82) is 0 Å². The zero-order valence-electron chi connectivity index (χ0n) is 10.3. The first-order valence-corrected chi connectivity index (χ1v) is 5.90. The first kappa shape index (κ1) is 14.6. The molecule has 0 atom stereocenters. The second-order valence-electron chi connectivity index (χ2n) is 3.49. The molecule has 0 spiro atoms. The Morgan fingerprint density at radius 1 is 1.50 bits per heavy atom. The number of phenols is 1. The number of phenolic OH excluding ortho intramolecular Hbond substituents is 1. The van der Waals surface area contributed by atoms with E-state index in [1.165, 1.54) is 12.1 Å². The third kappa shape index (κ3) is 3.78. The third-order valence-electron chi connectivity index (χ3n) is 2.18. The minimum Gasteiger partial charge on any atom is -0.503 e. The van der Waals surface area contributed by atoms with Gasteiger partial charge in [-0.2, -0.15) is 0 Å². The highest BCUT2D eigenvalue weighted by atomic mass is 35.5. The molecule has 0 heterocycles. The van der Waals surface area contributed by atoms with E-state index < -0.39 is 0 Å². The number of rotatable bonds is 6. The molecule has 5 nitrogen and oxygen atoms in total. The Labute approximate surface area is 111 Å². The molecule has 0 bridgehead atoms. The van der Waals surface area contributed by atoms with E-state index in [4.69, 9.17) is 21.1 Å². The van der Waals surface area contributed by atoms with Crippen molar-refractivity contribution < 1.29 is 19.4 Å². The Balaban J connectivity index is 2.85. The molecule has 0 unspecified atom stereocenters. The quantitative estimate of drug-likeness (QED) is 0.776. The first-order valence-electron chi connectivity index (χ1n) is 5.52. The number of hydrogen-bond donors (Lipinski definition) is 2. The van der Waals surface area contributed by atoms with Crippen molar-refractivity contribution >= 4 is 17.5 Å². The van der Waals surface area contributed by atoms with Crippen LogP contribution in [-0.4, -0.2) is 37.9 Å². The lowest BCUT2D eigenvalue weighted by molar-refractivity contribution is 0.0936. The Hall–Kier alpha value is -1.46. The average Bonchev–Trinajstić information content (AvgIpc) is 2.35. The molecule has 1 aromatic carbocycles. The van der Waals surface area contributed by atoms with Gasteiger partial charge in [-0.05, 0) is 19.1 Å². The zero-order valence-corrected chi connectivity index (χ0v) is 11.1. The molecule has 2 N–H and O–H groups in total. The maximum Gasteiger partial charge on any atom is 0.251 e. The van der Waals surface area contributed by atoms with Crippen LogP contribution in [0.25, 0.3) is 0 Å². The lowest BCUT2D eigenvalue weighted by Crippen LogP contribution is -2.26. The van der Waals surface area contributed by atoms with Gasteiger partial charge < -0.3 is 19.9 Å². The monoisotopic (exact) mass is 273 g/mol. The van der Waals surface area contributed by atoms with Gasteiger partial charge in [0.1, 0.15) is 0 Å². The fourth-order valence-electron chi connectivity index (χ4n) is 1.34. The number of benzene rings is 1. The molecule has 0 aliphatic rings. The summed E-state index contributed by atoms with van der Waals surface area (Å²) in [6.07, 6.45) is 0. The van der Waals surface area contributed by atoms with E-state index in [2.05, 4.69) is 5.32 Å². The van der Waals surface area contributed by atoms with E-state index in [0.29, 0.717) is 25.3 Å². The summed E-state index contributed by atoms with van der Waals surface area (Å²) in [5, 5.41) is 12.4. The number of carbonyl (C=O) groups excluding carboxylic acids is 1. The van der Waals surface area contributed by atoms with Gasteiger partial charge in [0.15, 0.2) is 11.5 Å². The summed E-state index contributed by atoms with van der Waals surface area (Å²) in [5.74, 6) is -0.260. The summed E-state index contributed by atoms with van der Waals surface area (Å²) in [4.78, 5) is 11.8. The highest BCUT2D eigenvalue weighted by molar-refractivity contribution is 6.32. The first-order chi connectivity index (χ1) is 8.60. The van der Waals surface area contributed by atoms with Crippen LogP contribution >= 0.6 is 11.6 Å². The zero-order chi connectivity index (χ0) is 13.5. The molecule has 0 aromatic heterocycles. The molecule has 0 saturated heterocycles. The van der Waals surface area contributed by atoms with Crippen molar-refractivity contribution in [2.45, 2.75) is 6.92 Å². The SMILES string of the molecule is CCOc1cc(C(=O)NCCOC)cc(Cl)c1O. The van der Waals surface area contributed by atoms with E-state index in [9.17, 15) is 9.90 Å². The summed E-state index contributed by atoms with van der Waals surface area (Å²) in [7, 11) is 1.55. The van der Waals surface area contributed by atoms with Crippen LogP contribution in [0.4, 0.5) is 0 Å². The van der Waals surface area contributed by atoms with Crippen LogP contribution in [0.5, 0.6) is 11.5 Å². The standard InChI is InChI=1S/C12H16ClNO4/c1-3-18-10-7-8(6-9(13)11(10)15)12(16)14-4-5-17-2/h6-7,15H,3-5H2,1-2H3,(H,14,16). The number of ether oxygens (including phenoxy) is 2. The minimum atomic E-state index is -0.296. The second-order valence-corrected chi connectivity index (χ2v) is 3.89. The molecule has 0 radical (unpaired) electrons. The van der Waals surface area contributed by atoms with E-state index in [-0.39, 0.29) is 22.4 Å². The van der Waals surface area contributed by atoms with Gasteiger partial charge in [-0.15, -0.1) is 0 Å². The second kappa shape index (κ2) is 7.08. The number of hydrogen-bond acceptors (Lipinski definition) is 4.